The van der Waals surface area contributed by atoms with E-state index in [9.17, 15) is 9.18 Å². The lowest BCUT2D eigenvalue weighted by molar-refractivity contribution is 0.0993. The molecule has 0 saturated heterocycles. The Hall–Kier alpha value is -1.50. The minimum Gasteiger partial charge on any atom is -0.383 e. The number of hydrogen-bond donors (Lipinski definition) is 0. The Morgan fingerprint density at radius 1 is 1.52 bits per heavy atom. The maximum Gasteiger partial charge on any atom is 0.282 e. The fourth-order valence-corrected chi connectivity index (χ4v) is 2.78. The Labute approximate surface area is 130 Å². The normalized spacial score (nSPS) is 11.9. The summed E-state index contributed by atoms with van der Waals surface area (Å²) in [6, 6.07) is 3.83. The van der Waals surface area contributed by atoms with Crippen molar-refractivity contribution in [2.75, 3.05) is 13.7 Å². The molecule has 1 aromatic carbocycles. The lowest BCUT2D eigenvalue weighted by atomic mass is 10.2. The third-order valence-electron chi connectivity index (χ3n) is 2.73. The molecule has 4 nitrogen and oxygen atoms in total. The lowest BCUT2D eigenvalue weighted by Crippen LogP contribution is -2.19. The van der Waals surface area contributed by atoms with Crippen molar-refractivity contribution in [3.05, 3.63) is 50.5 Å². The zero-order valence-electron chi connectivity index (χ0n) is 11.6. The van der Waals surface area contributed by atoms with Gasteiger partial charge in [0.15, 0.2) is 4.80 Å². The molecule has 0 aliphatic heterocycles. The molecule has 21 heavy (non-hydrogen) atoms. The van der Waals surface area contributed by atoms with Crippen LogP contribution in [0.5, 0.6) is 0 Å². The molecule has 1 heterocycles. The van der Waals surface area contributed by atoms with Crippen LogP contribution in [0.3, 0.4) is 0 Å². The van der Waals surface area contributed by atoms with Crippen LogP contribution < -0.4 is 4.80 Å². The fourth-order valence-electron chi connectivity index (χ4n) is 1.75. The van der Waals surface area contributed by atoms with Gasteiger partial charge >= 0.3 is 0 Å². The smallest absolute Gasteiger partial charge is 0.282 e. The van der Waals surface area contributed by atoms with E-state index in [1.165, 1.54) is 23.5 Å². The minimum atomic E-state index is -0.650. The molecule has 0 saturated carbocycles. The third-order valence-corrected chi connectivity index (χ3v) is 3.90. The number of thiazole rings is 1. The zero-order chi connectivity index (χ0) is 15.4. The molecule has 2 rings (SSSR count). The molecule has 0 aliphatic carbocycles. The number of ether oxygens (including phenoxy) is 1. The maximum atomic E-state index is 13.7. The van der Waals surface area contributed by atoms with Gasteiger partial charge in [-0.3, -0.25) is 4.79 Å². The Kier molecular flexibility index (Phi) is 5.27. The number of rotatable bonds is 4. The van der Waals surface area contributed by atoms with Gasteiger partial charge in [-0.2, -0.15) is 4.99 Å². The zero-order valence-corrected chi connectivity index (χ0v) is 13.2. The molecule has 1 amide bonds. The van der Waals surface area contributed by atoms with Crippen molar-refractivity contribution >= 4 is 28.8 Å². The van der Waals surface area contributed by atoms with Gasteiger partial charge in [-0.25, -0.2) is 4.39 Å². The molecule has 0 N–H and O–H groups in total. The summed E-state index contributed by atoms with van der Waals surface area (Å²) in [6.07, 6.45) is 1.88. The molecule has 0 bridgehead atoms. The van der Waals surface area contributed by atoms with E-state index in [1.807, 2.05) is 17.7 Å². The summed E-state index contributed by atoms with van der Waals surface area (Å²) in [5.74, 6) is -1.28. The van der Waals surface area contributed by atoms with Crippen molar-refractivity contribution in [1.29, 1.82) is 0 Å². The second-order valence-electron chi connectivity index (χ2n) is 4.35. The molecule has 7 heteroatoms. The molecule has 112 valence electrons. The van der Waals surface area contributed by atoms with Gasteiger partial charge in [0.05, 0.1) is 12.2 Å². The van der Waals surface area contributed by atoms with Gasteiger partial charge in [0.2, 0.25) is 0 Å². The molecule has 0 aliphatic rings. The number of carbonyl (C=O) groups excluding carboxylic acids is 1. The summed E-state index contributed by atoms with van der Waals surface area (Å²) in [4.78, 5) is 17.6. The monoisotopic (exact) mass is 328 g/mol. The van der Waals surface area contributed by atoms with E-state index in [1.54, 1.807) is 7.11 Å². The second-order valence-corrected chi connectivity index (χ2v) is 6.00. The summed E-state index contributed by atoms with van der Waals surface area (Å²) >= 11 is 7.15. The molecule has 0 radical (unpaired) electrons. The van der Waals surface area contributed by atoms with Crippen molar-refractivity contribution in [1.82, 2.24) is 4.57 Å². The van der Waals surface area contributed by atoms with Gasteiger partial charge in [-0.15, -0.1) is 11.3 Å². The van der Waals surface area contributed by atoms with E-state index in [-0.39, 0.29) is 5.56 Å². The minimum absolute atomic E-state index is 0.133. The Balaban J connectivity index is 2.39. The van der Waals surface area contributed by atoms with Crippen LogP contribution in [0.4, 0.5) is 4.39 Å². The highest BCUT2D eigenvalue weighted by molar-refractivity contribution is 7.09. The molecule has 0 atom stereocenters. The topological polar surface area (TPSA) is 43.6 Å². The molecule has 2 aromatic rings. The Bertz CT molecular complexity index is 724. The number of carbonyl (C=O) groups is 1. The highest BCUT2D eigenvalue weighted by Gasteiger charge is 2.12. The first-order chi connectivity index (χ1) is 10.0. The number of amides is 1. The van der Waals surface area contributed by atoms with Crippen molar-refractivity contribution in [2.45, 2.75) is 13.5 Å². The van der Waals surface area contributed by atoms with Crippen LogP contribution in [0.1, 0.15) is 15.2 Å². The van der Waals surface area contributed by atoms with Gasteiger partial charge in [0, 0.05) is 29.8 Å². The summed E-state index contributed by atoms with van der Waals surface area (Å²) in [5, 5.41) is 0.296. The predicted molar refractivity (Wildman–Crippen MR) is 80.2 cm³/mol. The van der Waals surface area contributed by atoms with Crippen molar-refractivity contribution in [3.8, 4) is 0 Å². The predicted octanol–water partition coefficient (Wildman–Crippen LogP) is 3.04. The number of nitrogens with zero attached hydrogens (tertiary/aromatic N) is 2. The third kappa shape index (κ3) is 4.00. The number of aromatic nitrogens is 1. The number of benzene rings is 1. The highest BCUT2D eigenvalue weighted by Crippen LogP contribution is 2.15. The first-order valence-electron chi connectivity index (χ1n) is 6.21. The molecule has 0 spiro atoms. The number of methoxy groups -OCH3 is 1. The van der Waals surface area contributed by atoms with Gasteiger partial charge in [0.1, 0.15) is 5.82 Å². The summed E-state index contributed by atoms with van der Waals surface area (Å²) < 4.78 is 20.5. The first-order valence-corrected chi connectivity index (χ1v) is 7.40. The first kappa shape index (κ1) is 15.9. The molecular weight excluding hydrogens is 315 g/mol. The van der Waals surface area contributed by atoms with Gasteiger partial charge in [-0.1, -0.05) is 11.6 Å². The van der Waals surface area contributed by atoms with E-state index in [4.69, 9.17) is 16.3 Å². The molecule has 0 fully saturated rings. The Morgan fingerprint density at radius 3 is 3.00 bits per heavy atom. The summed E-state index contributed by atoms with van der Waals surface area (Å²) in [5.41, 5.74) is -0.133. The summed E-state index contributed by atoms with van der Waals surface area (Å²) in [7, 11) is 1.60. The van der Waals surface area contributed by atoms with Crippen LogP contribution in [0.25, 0.3) is 0 Å². The van der Waals surface area contributed by atoms with Crippen molar-refractivity contribution in [2.24, 2.45) is 4.99 Å². The van der Waals surface area contributed by atoms with Gasteiger partial charge in [-0.05, 0) is 25.1 Å². The summed E-state index contributed by atoms with van der Waals surface area (Å²) in [6.45, 7) is 2.99. The average Bonchev–Trinajstić information content (AvgIpc) is 2.79. The molecular formula is C14H14ClFN2O2S. The van der Waals surface area contributed by atoms with Gasteiger partial charge in [0.25, 0.3) is 5.91 Å². The van der Waals surface area contributed by atoms with Gasteiger partial charge < -0.3 is 9.30 Å². The SMILES string of the molecule is COCCn1cc(C)s/c1=N\C(=O)c1cc(Cl)ccc1F. The fraction of sp³-hybridized carbons (Fsp3) is 0.286. The molecule has 1 aromatic heterocycles. The van der Waals surface area contributed by atoms with E-state index in [2.05, 4.69) is 4.99 Å². The standard InChI is InChI=1S/C14H14ClFN2O2S/c1-9-8-18(5-6-20-2)14(21-9)17-13(19)11-7-10(15)3-4-12(11)16/h3-4,7-8H,5-6H2,1-2H3/b17-14-. The highest BCUT2D eigenvalue weighted by atomic mass is 35.5. The average molecular weight is 329 g/mol. The van der Waals surface area contributed by atoms with Crippen LogP contribution in [0.15, 0.2) is 29.4 Å². The van der Waals surface area contributed by atoms with E-state index in [0.717, 1.165) is 10.9 Å². The van der Waals surface area contributed by atoms with Crippen molar-refractivity contribution < 1.29 is 13.9 Å². The van der Waals surface area contributed by atoms with Crippen LogP contribution in [-0.2, 0) is 11.3 Å². The number of hydrogen-bond acceptors (Lipinski definition) is 3. The second kappa shape index (κ2) is 6.98. The van der Waals surface area contributed by atoms with Crippen LogP contribution in [-0.4, -0.2) is 24.2 Å². The largest absolute Gasteiger partial charge is 0.383 e. The van der Waals surface area contributed by atoms with Crippen molar-refractivity contribution in [3.63, 3.8) is 0 Å². The number of aryl methyl sites for hydroxylation is 1. The van der Waals surface area contributed by atoms with Crippen LogP contribution >= 0.6 is 22.9 Å². The quantitative estimate of drug-likeness (QED) is 0.866. The van der Waals surface area contributed by atoms with Crippen LogP contribution in [0, 0.1) is 12.7 Å². The Morgan fingerprint density at radius 2 is 2.29 bits per heavy atom. The van der Waals surface area contributed by atoms with E-state index in [0.29, 0.717) is 23.0 Å². The lowest BCUT2D eigenvalue weighted by Gasteiger charge is -2.01. The molecule has 0 unspecified atom stereocenters. The van der Waals surface area contributed by atoms with E-state index >= 15 is 0 Å². The number of halogens is 2. The van der Waals surface area contributed by atoms with E-state index < -0.39 is 11.7 Å². The maximum absolute atomic E-state index is 13.7. The van der Waals surface area contributed by atoms with Crippen LogP contribution in [0.2, 0.25) is 5.02 Å².